The van der Waals surface area contributed by atoms with Crippen LogP contribution in [-0.4, -0.2) is 30.5 Å². The average molecular weight is 350 g/mol. The molecule has 0 aliphatic carbocycles. The second kappa shape index (κ2) is 7.35. The summed E-state index contributed by atoms with van der Waals surface area (Å²) in [7, 11) is 0. The summed E-state index contributed by atoms with van der Waals surface area (Å²) >= 11 is 12.1. The number of morpholine rings is 1. The van der Waals surface area contributed by atoms with Gasteiger partial charge in [-0.3, -0.25) is 4.79 Å². The first kappa shape index (κ1) is 16.3. The Balaban J connectivity index is 1.67. The zero-order valence-corrected chi connectivity index (χ0v) is 14.1. The van der Waals surface area contributed by atoms with Crippen molar-refractivity contribution in [3.8, 4) is 0 Å². The molecule has 0 aromatic heterocycles. The van der Waals surface area contributed by atoms with Gasteiger partial charge in [-0.15, -0.1) is 0 Å². The topological polar surface area (TPSA) is 29.5 Å². The molecule has 0 spiro atoms. The van der Waals surface area contributed by atoms with Crippen molar-refractivity contribution < 1.29 is 9.53 Å². The Morgan fingerprint density at radius 2 is 1.87 bits per heavy atom. The Hall–Kier alpha value is -1.55. The molecule has 3 rings (SSSR count). The predicted molar refractivity (Wildman–Crippen MR) is 91.9 cm³/mol. The summed E-state index contributed by atoms with van der Waals surface area (Å²) in [6.07, 6.45) is 0.198. The van der Waals surface area contributed by atoms with E-state index in [0.29, 0.717) is 36.2 Å². The third-order valence-corrected chi connectivity index (χ3v) is 4.58. The van der Waals surface area contributed by atoms with Crippen LogP contribution >= 0.6 is 23.2 Å². The first-order valence-electron chi connectivity index (χ1n) is 7.52. The van der Waals surface area contributed by atoms with E-state index >= 15 is 0 Å². The lowest BCUT2D eigenvalue weighted by Gasteiger charge is -2.33. The minimum atomic E-state index is -0.115. The summed E-state index contributed by atoms with van der Waals surface area (Å²) in [6, 6.07) is 15.0. The van der Waals surface area contributed by atoms with Crippen molar-refractivity contribution in [2.45, 2.75) is 12.5 Å². The molecule has 1 saturated heterocycles. The van der Waals surface area contributed by atoms with Gasteiger partial charge in [0.1, 0.15) is 6.10 Å². The third kappa shape index (κ3) is 4.05. The molecule has 5 heteroatoms. The molecule has 0 N–H and O–H groups in total. The SMILES string of the molecule is O=C(Cc1ccccc1Cl)N1CCOC(c2ccc(Cl)cc2)C1. The minimum absolute atomic E-state index is 0.0698. The number of halogens is 2. The zero-order chi connectivity index (χ0) is 16.2. The molecule has 0 bridgehead atoms. The van der Waals surface area contributed by atoms with Crippen LogP contribution in [0.25, 0.3) is 0 Å². The van der Waals surface area contributed by atoms with Crippen molar-refractivity contribution in [2.24, 2.45) is 0 Å². The summed E-state index contributed by atoms with van der Waals surface area (Å²) in [4.78, 5) is 14.4. The van der Waals surface area contributed by atoms with Crippen LogP contribution in [0.3, 0.4) is 0 Å². The van der Waals surface area contributed by atoms with Crippen LogP contribution in [0.5, 0.6) is 0 Å². The number of nitrogens with zero attached hydrogens (tertiary/aromatic N) is 1. The molecular formula is C18H17Cl2NO2. The Labute approximate surface area is 145 Å². The Morgan fingerprint density at radius 3 is 2.61 bits per heavy atom. The van der Waals surface area contributed by atoms with Crippen LogP contribution in [0.15, 0.2) is 48.5 Å². The Kier molecular flexibility index (Phi) is 5.21. The third-order valence-electron chi connectivity index (χ3n) is 3.96. The van der Waals surface area contributed by atoms with Crippen molar-refractivity contribution in [2.75, 3.05) is 19.7 Å². The number of hydrogen-bond donors (Lipinski definition) is 0. The highest BCUT2D eigenvalue weighted by Gasteiger charge is 2.25. The van der Waals surface area contributed by atoms with Crippen LogP contribution in [0, 0.1) is 0 Å². The van der Waals surface area contributed by atoms with Crippen LogP contribution in [0.2, 0.25) is 10.0 Å². The first-order valence-corrected chi connectivity index (χ1v) is 8.27. The van der Waals surface area contributed by atoms with E-state index in [2.05, 4.69) is 0 Å². The van der Waals surface area contributed by atoms with Crippen molar-refractivity contribution in [1.82, 2.24) is 4.90 Å². The van der Waals surface area contributed by atoms with Gasteiger partial charge in [0.05, 0.1) is 19.6 Å². The lowest BCUT2D eigenvalue weighted by molar-refractivity contribution is -0.138. The molecule has 0 radical (unpaired) electrons. The number of rotatable bonds is 3. The lowest BCUT2D eigenvalue weighted by Crippen LogP contribution is -2.43. The van der Waals surface area contributed by atoms with Crippen LogP contribution in [-0.2, 0) is 16.0 Å². The van der Waals surface area contributed by atoms with Crippen LogP contribution < -0.4 is 0 Å². The highest BCUT2D eigenvalue weighted by molar-refractivity contribution is 6.31. The zero-order valence-electron chi connectivity index (χ0n) is 12.5. The summed E-state index contributed by atoms with van der Waals surface area (Å²) in [6.45, 7) is 1.68. The molecule has 1 unspecified atom stereocenters. The van der Waals surface area contributed by atoms with Crippen LogP contribution in [0.1, 0.15) is 17.2 Å². The van der Waals surface area contributed by atoms with Gasteiger partial charge in [0, 0.05) is 16.6 Å². The number of carbonyl (C=O) groups excluding carboxylic acids is 1. The van der Waals surface area contributed by atoms with E-state index in [1.165, 1.54) is 0 Å². The van der Waals surface area contributed by atoms with Crippen LogP contribution in [0.4, 0.5) is 0 Å². The number of carbonyl (C=O) groups is 1. The number of amides is 1. The molecule has 1 aliphatic heterocycles. The van der Waals surface area contributed by atoms with E-state index in [1.807, 2.05) is 47.4 Å². The summed E-state index contributed by atoms with van der Waals surface area (Å²) < 4.78 is 5.80. The van der Waals surface area contributed by atoms with Gasteiger partial charge >= 0.3 is 0 Å². The van der Waals surface area contributed by atoms with Crippen molar-refractivity contribution in [3.05, 3.63) is 69.7 Å². The normalized spacial score (nSPS) is 18.0. The maximum atomic E-state index is 12.5. The smallest absolute Gasteiger partial charge is 0.227 e. The number of benzene rings is 2. The second-order valence-electron chi connectivity index (χ2n) is 5.52. The maximum Gasteiger partial charge on any atom is 0.227 e. The summed E-state index contributed by atoms with van der Waals surface area (Å²) in [5.41, 5.74) is 1.89. The van der Waals surface area contributed by atoms with E-state index in [4.69, 9.17) is 27.9 Å². The average Bonchev–Trinajstić information content (AvgIpc) is 2.58. The molecule has 2 aromatic rings. The largest absolute Gasteiger partial charge is 0.370 e. The first-order chi connectivity index (χ1) is 11.1. The van der Waals surface area contributed by atoms with E-state index in [9.17, 15) is 4.79 Å². The molecule has 120 valence electrons. The molecule has 0 saturated carbocycles. The molecule has 1 heterocycles. The van der Waals surface area contributed by atoms with E-state index in [1.54, 1.807) is 6.07 Å². The van der Waals surface area contributed by atoms with Crippen molar-refractivity contribution in [3.63, 3.8) is 0 Å². The van der Waals surface area contributed by atoms with Gasteiger partial charge in [0.25, 0.3) is 0 Å². The Bertz CT molecular complexity index is 688. The van der Waals surface area contributed by atoms with E-state index in [0.717, 1.165) is 11.1 Å². The fourth-order valence-corrected chi connectivity index (χ4v) is 3.00. The molecule has 23 heavy (non-hydrogen) atoms. The summed E-state index contributed by atoms with van der Waals surface area (Å²) in [5.74, 6) is 0.0698. The number of hydrogen-bond acceptors (Lipinski definition) is 2. The van der Waals surface area contributed by atoms with Crippen molar-refractivity contribution in [1.29, 1.82) is 0 Å². The number of ether oxygens (including phenoxy) is 1. The molecular weight excluding hydrogens is 333 g/mol. The predicted octanol–water partition coefficient (Wildman–Crippen LogP) is 4.14. The van der Waals surface area contributed by atoms with Gasteiger partial charge in [0.2, 0.25) is 5.91 Å². The van der Waals surface area contributed by atoms with Gasteiger partial charge in [-0.25, -0.2) is 0 Å². The fourth-order valence-electron chi connectivity index (χ4n) is 2.67. The van der Waals surface area contributed by atoms with Gasteiger partial charge in [-0.1, -0.05) is 53.5 Å². The highest BCUT2D eigenvalue weighted by Crippen LogP contribution is 2.24. The quantitative estimate of drug-likeness (QED) is 0.833. The van der Waals surface area contributed by atoms with Gasteiger partial charge in [-0.2, -0.15) is 0 Å². The molecule has 3 nitrogen and oxygen atoms in total. The maximum absolute atomic E-state index is 12.5. The summed E-state index contributed by atoms with van der Waals surface area (Å²) in [5, 5.41) is 1.32. The minimum Gasteiger partial charge on any atom is -0.370 e. The van der Waals surface area contributed by atoms with E-state index in [-0.39, 0.29) is 12.0 Å². The van der Waals surface area contributed by atoms with Crippen molar-refractivity contribution >= 4 is 29.1 Å². The van der Waals surface area contributed by atoms with E-state index < -0.39 is 0 Å². The second-order valence-corrected chi connectivity index (χ2v) is 6.36. The molecule has 2 aromatic carbocycles. The molecule has 1 amide bonds. The monoisotopic (exact) mass is 349 g/mol. The van der Waals surface area contributed by atoms with Gasteiger partial charge < -0.3 is 9.64 Å². The molecule has 1 atom stereocenters. The molecule has 1 fully saturated rings. The lowest BCUT2D eigenvalue weighted by atomic mass is 10.1. The standard InChI is InChI=1S/C18H17Cl2NO2/c19-15-7-5-13(6-8-15)17-12-21(9-10-23-17)18(22)11-14-3-1-2-4-16(14)20/h1-8,17H,9-12H2. The Morgan fingerprint density at radius 1 is 1.13 bits per heavy atom. The fraction of sp³-hybridized carbons (Fsp3) is 0.278. The van der Waals surface area contributed by atoms with Gasteiger partial charge in [0.15, 0.2) is 0 Å². The molecule has 1 aliphatic rings. The highest BCUT2D eigenvalue weighted by atomic mass is 35.5. The van der Waals surface area contributed by atoms with Gasteiger partial charge in [-0.05, 0) is 29.3 Å².